The normalized spacial score (nSPS) is 11.7. The van der Waals surface area contributed by atoms with E-state index in [-0.39, 0.29) is 11.8 Å². The van der Waals surface area contributed by atoms with Gasteiger partial charge >= 0.3 is 0 Å². The second-order valence-electron chi connectivity index (χ2n) is 10.1. The fraction of sp³-hybridized carbons (Fsp3) is 0.394. The van der Waals surface area contributed by atoms with E-state index < -0.39 is 6.04 Å². The molecule has 0 radical (unpaired) electrons. The summed E-state index contributed by atoms with van der Waals surface area (Å²) in [5.41, 5.74) is 4.36. The molecule has 0 saturated heterocycles. The summed E-state index contributed by atoms with van der Waals surface area (Å²) in [6.45, 7) is 7.38. The number of benzene rings is 3. The molecule has 3 aromatic carbocycles. The van der Waals surface area contributed by atoms with Gasteiger partial charge in [0.05, 0.1) is 7.11 Å². The van der Waals surface area contributed by atoms with E-state index in [4.69, 9.17) is 4.74 Å². The van der Waals surface area contributed by atoms with Crippen molar-refractivity contribution in [1.82, 2.24) is 10.2 Å². The van der Waals surface area contributed by atoms with Crippen LogP contribution in [0.1, 0.15) is 68.2 Å². The molecule has 0 bridgehead atoms. The van der Waals surface area contributed by atoms with E-state index >= 15 is 0 Å². The fourth-order valence-corrected chi connectivity index (χ4v) is 4.49. The van der Waals surface area contributed by atoms with Crippen LogP contribution in [0.2, 0.25) is 0 Å². The van der Waals surface area contributed by atoms with Crippen LogP contribution in [0.3, 0.4) is 0 Å². The van der Waals surface area contributed by atoms with Gasteiger partial charge in [-0.15, -0.1) is 0 Å². The number of carbonyl (C=O) groups is 2. The number of methoxy groups -OCH3 is 1. The number of rotatable bonds is 14. The number of aryl methyl sites for hydroxylation is 1. The first-order valence-electron chi connectivity index (χ1n) is 13.7. The van der Waals surface area contributed by atoms with Gasteiger partial charge in [0, 0.05) is 25.9 Å². The zero-order valence-corrected chi connectivity index (χ0v) is 23.3. The lowest BCUT2D eigenvalue weighted by Crippen LogP contribution is -2.50. The number of hydrogen-bond acceptors (Lipinski definition) is 3. The number of carbonyl (C=O) groups excluding carboxylic acids is 2. The molecular formula is C33H42N2O3. The van der Waals surface area contributed by atoms with Gasteiger partial charge in [0.15, 0.2) is 0 Å². The van der Waals surface area contributed by atoms with Gasteiger partial charge in [-0.2, -0.15) is 0 Å². The van der Waals surface area contributed by atoms with Crippen LogP contribution in [0.15, 0.2) is 78.9 Å². The Labute approximate surface area is 228 Å². The number of nitrogens with zero attached hydrogens (tertiary/aromatic N) is 1. The van der Waals surface area contributed by atoms with Gasteiger partial charge in [-0.1, -0.05) is 93.9 Å². The predicted molar refractivity (Wildman–Crippen MR) is 154 cm³/mol. The number of hydrogen-bond donors (Lipinski definition) is 1. The monoisotopic (exact) mass is 514 g/mol. The van der Waals surface area contributed by atoms with Crippen LogP contribution >= 0.6 is 0 Å². The highest BCUT2D eigenvalue weighted by atomic mass is 16.5. The van der Waals surface area contributed by atoms with E-state index in [1.54, 1.807) is 12.0 Å². The first-order valence-corrected chi connectivity index (χ1v) is 13.7. The highest BCUT2D eigenvalue weighted by Crippen LogP contribution is 2.20. The Morgan fingerprint density at radius 2 is 1.61 bits per heavy atom. The summed E-state index contributed by atoms with van der Waals surface area (Å²) in [5.74, 6) is 1.05. The molecular weight excluding hydrogens is 472 g/mol. The van der Waals surface area contributed by atoms with Crippen LogP contribution in [0.5, 0.6) is 5.75 Å². The summed E-state index contributed by atoms with van der Waals surface area (Å²) in [7, 11) is 1.63. The van der Waals surface area contributed by atoms with Crippen molar-refractivity contribution in [1.29, 1.82) is 0 Å². The highest BCUT2D eigenvalue weighted by molar-refractivity contribution is 5.88. The first kappa shape index (κ1) is 29.0. The molecule has 3 aromatic rings. The molecule has 202 valence electrons. The smallest absolute Gasteiger partial charge is 0.243 e. The minimum atomic E-state index is -0.615. The predicted octanol–water partition coefficient (Wildman–Crippen LogP) is 6.31. The molecule has 1 N–H and O–H groups in total. The van der Waals surface area contributed by atoms with Gasteiger partial charge in [-0.3, -0.25) is 9.59 Å². The molecule has 38 heavy (non-hydrogen) atoms. The first-order chi connectivity index (χ1) is 18.4. The third kappa shape index (κ3) is 8.76. The van der Waals surface area contributed by atoms with E-state index in [1.165, 1.54) is 5.56 Å². The van der Waals surface area contributed by atoms with E-state index in [2.05, 4.69) is 50.4 Å². The largest absolute Gasteiger partial charge is 0.497 e. The minimum absolute atomic E-state index is 0.0349. The van der Waals surface area contributed by atoms with Gasteiger partial charge < -0.3 is 15.0 Å². The molecule has 5 nitrogen and oxygen atoms in total. The number of nitrogens with one attached hydrogen (secondary N) is 1. The fourth-order valence-electron chi connectivity index (χ4n) is 4.49. The van der Waals surface area contributed by atoms with Crippen molar-refractivity contribution in [3.05, 3.63) is 101 Å². The average molecular weight is 515 g/mol. The summed E-state index contributed by atoms with van der Waals surface area (Å²) in [6.07, 6.45) is 3.31. The van der Waals surface area contributed by atoms with Crippen LogP contribution in [0, 0.1) is 0 Å². The van der Waals surface area contributed by atoms with Crippen molar-refractivity contribution in [2.24, 2.45) is 0 Å². The van der Waals surface area contributed by atoms with Crippen molar-refractivity contribution in [3.8, 4) is 5.75 Å². The van der Waals surface area contributed by atoms with Gasteiger partial charge in [-0.25, -0.2) is 0 Å². The zero-order chi connectivity index (χ0) is 27.3. The van der Waals surface area contributed by atoms with Gasteiger partial charge in [0.25, 0.3) is 0 Å². The molecule has 0 heterocycles. The van der Waals surface area contributed by atoms with E-state index in [9.17, 15) is 9.59 Å². The van der Waals surface area contributed by atoms with E-state index in [0.29, 0.717) is 38.3 Å². The SMILES string of the molecule is CCCCNC(=O)[C@@H](Cc1ccccc1)N(Cc1cccc(OC)c1)C(=O)CCc1ccc(C(C)C)cc1. The Kier molecular flexibility index (Phi) is 11.4. The number of unbranched alkanes of at least 4 members (excludes halogenated alkanes) is 1. The van der Waals surface area contributed by atoms with E-state index in [1.807, 2.05) is 54.6 Å². The lowest BCUT2D eigenvalue weighted by atomic mass is 9.99. The maximum atomic E-state index is 13.8. The third-order valence-electron chi connectivity index (χ3n) is 6.86. The summed E-state index contributed by atoms with van der Waals surface area (Å²) in [5, 5.41) is 3.08. The van der Waals surface area contributed by atoms with Crippen LogP contribution in [-0.4, -0.2) is 36.4 Å². The molecule has 0 spiro atoms. The second kappa shape index (κ2) is 15.0. The van der Waals surface area contributed by atoms with Crippen LogP contribution in [0.4, 0.5) is 0 Å². The molecule has 2 amide bonds. The third-order valence-corrected chi connectivity index (χ3v) is 6.86. The maximum Gasteiger partial charge on any atom is 0.243 e. The van der Waals surface area contributed by atoms with Crippen LogP contribution in [0.25, 0.3) is 0 Å². The molecule has 3 rings (SSSR count). The zero-order valence-electron chi connectivity index (χ0n) is 23.3. The van der Waals surface area contributed by atoms with Gasteiger partial charge in [0.2, 0.25) is 11.8 Å². The van der Waals surface area contributed by atoms with Crippen molar-refractivity contribution in [2.45, 2.75) is 71.4 Å². The van der Waals surface area contributed by atoms with Crippen molar-refractivity contribution in [3.63, 3.8) is 0 Å². The second-order valence-corrected chi connectivity index (χ2v) is 10.1. The quantitative estimate of drug-likeness (QED) is 0.257. The van der Waals surface area contributed by atoms with Crippen molar-refractivity contribution < 1.29 is 14.3 Å². The Morgan fingerprint density at radius 1 is 0.895 bits per heavy atom. The minimum Gasteiger partial charge on any atom is -0.497 e. The molecule has 5 heteroatoms. The average Bonchev–Trinajstić information content (AvgIpc) is 2.94. The van der Waals surface area contributed by atoms with Crippen LogP contribution < -0.4 is 10.1 Å². The Morgan fingerprint density at radius 3 is 2.26 bits per heavy atom. The lowest BCUT2D eigenvalue weighted by molar-refractivity contribution is -0.141. The lowest BCUT2D eigenvalue weighted by Gasteiger charge is -2.32. The molecule has 0 saturated carbocycles. The summed E-state index contributed by atoms with van der Waals surface area (Å²) < 4.78 is 5.41. The van der Waals surface area contributed by atoms with Crippen molar-refractivity contribution in [2.75, 3.05) is 13.7 Å². The molecule has 0 aliphatic heterocycles. The van der Waals surface area contributed by atoms with Gasteiger partial charge in [0.1, 0.15) is 11.8 Å². The summed E-state index contributed by atoms with van der Waals surface area (Å²) in [6, 6.07) is 25.5. The topological polar surface area (TPSA) is 58.6 Å². The standard InChI is InChI=1S/C33H42N2O3/c1-5-6-21-34-33(37)31(23-27-11-8-7-9-12-27)35(24-28-13-10-14-30(22-28)38-4)32(36)20-17-26-15-18-29(19-16-26)25(2)3/h7-16,18-19,22,25,31H,5-6,17,20-21,23-24H2,1-4H3,(H,34,37)/t31-/m1/s1. The number of amides is 2. The Bertz CT molecular complexity index is 1140. The Hall–Kier alpha value is -3.60. The molecule has 0 aliphatic rings. The molecule has 0 aliphatic carbocycles. The summed E-state index contributed by atoms with van der Waals surface area (Å²) in [4.78, 5) is 29.1. The van der Waals surface area contributed by atoms with E-state index in [0.717, 1.165) is 35.3 Å². The Balaban J connectivity index is 1.88. The summed E-state index contributed by atoms with van der Waals surface area (Å²) >= 11 is 0. The molecule has 1 atom stereocenters. The van der Waals surface area contributed by atoms with Crippen molar-refractivity contribution >= 4 is 11.8 Å². The van der Waals surface area contributed by atoms with Crippen LogP contribution in [-0.2, 0) is 29.0 Å². The molecule has 0 fully saturated rings. The number of ether oxygens (including phenoxy) is 1. The molecule has 0 aromatic heterocycles. The van der Waals surface area contributed by atoms with Gasteiger partial charge in [-0.05, 0) is 53.1 Å². The highest BCUT2D eigenvalue weighted by Gasteiger charge is 2.30. The molecule has 0 unspecified atom stereocenters. The maximum absolute atomic E-state index is 13.8.